The lowest BCUT2D eigenvalue weighted by molar-refractivity contribution is -0.198. The van der Waals surface area contributed by atoms with E-state index in [9.17, 15) is 23.1 Å². The SMILES string of the molecule is Cc1ccn(-c2cc(Cl)ccc2[C@@H](Oc2ncc(C3=CCC(C(C)C(=O)O)CC3)cc2N)C(F)(F)F)n1. The lowest BCUT2D eigenvalue weighted by Crippen LogP contribution is -2.28. The van der Waals surface area contributed by atoms with Crippen LogP contribution in [0.3, 0.4) is 0 Å². The first kappa shape index (κ1) is 26.5. The molecule has 196 valence electrons. The van der Waals surface area contributed by atoms with Crippen molar-refractivity contribution in [3.63, 3.8) is 0 Å². The average Bonchev–Trinajstić information content (AvgIpc) is 3.28. The number of rotatable bonds is 7. The van der Waals surface area contributed by atoms with Crippen molar-refractivity contribution in [2.75, 3.05) is 5.73 Å². The van der Waals surface area contributed by atoms with Gasteiger partial charge in [0.1, 0.15) is 0 Å². The van der Waals surface area contributed by atoms with Crippen LogP contribution in [0.5, 0.6) is 5.88 Å². The molecule has 0 aliphatic heterocycles. The number of aliphatic carboxylic acids is 1. The molecule has 0 bridgehead atoms. The topological polar surface area (TPSA) is 103 Å². The first-order valence-electron chi connectivity index (χ1n) is 11.7. The molecule has 0 saturated carbocycles. The van der Waals surface area contributed by atoms with Crippen LogP contribution in [0.25, 0.3) is 11.3 Å². The molecule has 2 unspecified atom stereocenters. The Morgan fingerprint density at radius 1 is 1.30 bits per heavy atom. The summed E-state index contributed by atoms with van der Waals surface area (Å²) in [5.41, 5.74) is 8.18. The van der Waals surface area contributed by atoms with Crippen LogP contribution in [0.2, 0.25) is 5.02 Å². The van der Waals surface area contributed by atoms with Crippen molar-refractivity contribution in [1.29, 1.82) is 0 Å². The summed E-state index contributed by atoms with van der Waals surface area (Å²) in [4.78, 5) is 15.4. The number of aryl methyl sites for hydroxylation is 1. The highest BCUT2D eigenvalue weighted by Gasteiger charge is 2.45. The summed E-state index contributed by atoms with van der Waals surface area (Å²) in [5.74, 6) is -1.62. The Kier molecular flexibility index (Phi) is 7.49. The molecule has 3 atom stereocenters. The van der Waals surface area contributed by atoms with Crippen molar-refractivity contribution in [3.8, 4) is 11.6 Å². The standard InChI is InChI=1S/C26H26ClF3N4O3/c1-14-9-10-34(33-14)22-12-19(27)7-8-20(22)23(26(28,29)30)37-24-21(31)11-18(13-32-24)17-5-3-16(4-6-17)15(2)25(35)36/h5,7-13,15-16,23H,3-4,6,31H2,1-2H3,(H,35,36)/t15?,16?,23-/m1/s1. The molecule has 3 N–H and O–H groups in total. The smallest absolute Gasteiger partial charge is 0.429 e. The van der Waals surface area contributed by atoms with Crippen molar-refractivity contribution in [2.24, 2.45) is 11.8 Å². The molecule has 0 fully saturated rings. The largest absolute Gasteiger partial charge is 0.481 e. The summed E-state index contributed by atoms with van der Waals surface area (Å²) in [6.07, 6.45) is -0.383. The second-order valence-corrected chi connectivity index (χ2v) is 9.59. The fourth-order valence-corrected chi connectivity index (χ4v) is 4.59. The fourth-order valence-electron chi connectivity index (χ4n) is 4.42. The highest BCUT2D eigenvalue weighted by molar-refractivity contribution is 6.30. The Labute approximate surface area is 216 Å². The van der Waals surface area contributed by atoms with E-state index in [1.807, 2.05) is 6.08 Å². The number of benzene rings is 1. The molecule has 0 radical (unpaired) electrons. The Morgan fingerprint density at radius 2 is 2.05 bits per heavy atom. The third-order valence-corrected chi connectivity index (χ3v) is 6.80. The lowest BCUT2D eigenvalue weighted by atomic mass is 9.80. The number of allylic oxidation sites excluding steroid dienone is 2. The van der Waals surface area contributed by atoms with Crippen LogP contribution < -0.4 is 10.5 Å². The maximum atomic E-state index is 14.2. The van der Waals surface area contributed by atoms with Crippen molar-refractivity contribution in [1.82, 2.24) is 14.8 Å². The van der Waals surface area contributed by atoms with Gasteiger partial charge < -0.3 is 15.6 Å². The molecule has 0 saturated heterocycles. The minimum absolute atomic E-state index is 0.0221. The van der Waals surface area contributed by atoms with Crippen LogP contribution in [0.4, 0.5) is 18.9 Å². The second kappa shape index (κ2) is 10.5. The van der Waals surface area contributed by atoms with E-state index in [4.69, 9.17) is 22.1 Å². The number of carboxylic acids is 1. The van der Waals surface area contributed by atoms with E-state index in [0.717, 1.165) is 5.57 Å². The van der Waals surface area contributed by atoms with E-state index in [-0.39, 0.29) is 33.8 Å². The molecule has 2 aromatic heterocycles. The summed E-state index contributed by atoms with van der Waals surface area (Å²) in [6.45, 7) is 3.41. The predicted molar refractivity (Wildman–Crippen MR) is 134 cm³/mol. The number of nitrogens with zero attached hydrogens (tertiary/aromatic N) is 3. The zero-order valence-electron chi connectivity index (χ0n) is 20.2. The molecule has 4 rings (SSSR count). The van der Waals surface area contributed by atoms with Gasteiger partial charge in [-0.1, -0.05) is 30.7 Å². The van der Waals surface area contributed by atoms with Crippen molar-refractivity contribution < 1.29 is 27.8 Å². The maximum absolute atomic E-state index is 14.2. The number of anilines is 1. The zero-order chi connectivity index (χ0) is 26.9. The van der Waals surface area contributed by atoms with Crippen molar-refractivity contribution in [2.45, 2.75) is 45.4 Å². The van der Waals surface area contributed by atoms with Crippen molar-refractivity contribution in [3.05, 3.63) is 70.6 Å². The summed E-state index contributed by atoms with van der Waals surface area (Å²) in [7, 11) is 0. The number of pyridine rings is 1. The summed E-state index contributed by atoms with van der Waals surface area (Å²) < 4.78 is 49.4. The molecular formula is C26H26ClF3N4O3. The fraction of sp³-hybridized carbons (Fsp3) is 0.346. The monoisotopic (exact) mass is 534 g/mol. The molecule has 37 heavy (non-hydrogen) atoms. The lowest BCUT2D eigenvalue weighted by Gasteiger charge is -2.26. The number of aromatic nitrogens is 3. The van der Waals surface area contributed by atoms with Crippen LogP contribution in [0, 0.1) is 18.8 Å². The number of hydrogen-bond acceptors (Lipinski definition) is 5. The van der Waals surface area contributed by atoms with Gasteiger partial charge in [-0.25, -0.2) is 9.67 Å². The number of nitrogens with two attached hydrogens (primary N) is 1. The van der Waals surface area contributed by atoms with Gasteiger partial charge in [0.15, 0.2) is 0 Å². The summed E-state index contributed by atoms with van der Waals surface area (Å²) in [5, 5.41) is 13.7. The number of ether oxygens (including phenoxy) is 1. The molecule has 7 nitrogen and oxygen atoms in total. The number of carbonyl (C=O) groups is 1. The van der Waals surface area contributed by atoms with E-state index in [0.29, 0.717) is 30.5 Å². The first-order valence-corrected chi connectivity index (χ1v) is 12.0. The average molecular weight is 535 g/mol. The third-order valence-electron chi connectivity index (χ3n) is 6.57. The van der Waals surface area contributed by atoms with Crippen LogP contribution in [-0.2, 0) is 4.79 Å². The van der Waals surface area contributed by atoms with Gasteiger partial charge >= 0.3 is 12.1 Å². The Morgan fingerprint density at radius 3 is 2.62 bits per heavy atom. The van der Waals surface area contributed by atoms with E-state index >= 15 is 0 Å². The van der Waals surface area contributed by atoms with Gasteiger partial charge in [-0.2, -0.15) is 18.3 Å². The van der Waals surface area contributed by atoms with Gasteiger partial charge in [0.25, 0.3) is 0 Å². The van der Waals surface area contributed by atoms with Crippen LogP contribution >= 0.6 is 11.6 Å². The minimum Gasteiger partial charge on any atom is -0.481 e. The molecule has 1 aromatic carbocycles. The summed E-state index contributed by atoms with van der Waals surface area (Å²) >= 11 is 6.08. The van der Waals surface area contributed by atoms with Crippen LogP contribution in [-0.4, -0.2) is 32.0 Å². The first-order chi connectivity index (χ1) is 17.4. The van der Waals surface area contributed by atoms with Gasteiger partial charge in [-0.15, -0.1) is 0 Å². The maximum Gasteiger partial charge on any atom is 0.429 e. The van der Waals surface area contributed by atoms with E-state index < -0.39 is 24.2 Å². The van der Waals surface area contributed by atoms with Gasteiger partial charge in [0.05, 0.1) is 23.0 Å². The molecular weight excluding hydrogens is 509 g/mol. The number of carboxylic acid groups (broad SMARTS) is 1. The molecule has 11 heteroatoms. The quantitative estimate of drug-likeness (QED) is 0.363. The molecule has 0 amide bonds. The highest BCUT2D eigenvalue weighted by Crippen LogP contribution is 2.41. The van der Waals surface area contributed by atoms with Crippen molar-refractivity contribution >= 4 is 28.8 Å². The van der Waals surface area contributed by atoms with Crippen LogP contribution in [0.15, 0.2) is 48.8 Å². The molecule has 3 aromatic rings. The Hall–Kier alpha value is -3.53. The minimum atomic E-state index is -4.79. The number of nitrogen functional groups attached to an aromatic ring is 1. The van der Waals surface area contributed by atoms with Gasteiger partial charge in [0, 0.05) is 23.0 Å². The Bertz CT molecular complexity index is 1340. The number of hydrogen-bond donors (Lipinski definition) is 2. The number of alkyl halides is 3. The van der Waals surface area contributed by atoms with Gasteiger partial charge in [-0.3, -0.25) is 4.79 Å². The molecule has 1 aliphatic rings. The van der Waals surface area contributed by atoms with Gasteiger partial charge in [-0.05, 0) is 67.5 Å². The third kappa shape index (κ3) is 5.90. The predicted octanol–water partition coefficient (Wildman–Crippen LogP) is 6.40. The molecule has 2 heterocycles. The summed E-state index contributed by atoms with van der Waals surface area (Å²) in [6, 6.07) is 7.18. The van der Waals surface area contributed by atoms with E-state index in [1.165, 1.54) is 35.1 Å². The molecule has 1 aliphatic carbocycles. The van der Waals surface area contributed by atoms with Gasteiger partial charge in [0.2, 0.25) is 12.0 Å². The van der Waals surface area contributed by atoms with E-state index in [1.54, 1.807) is 26.1 Å². The normalized spacial score (nSPS) is 17.7. The van der Waals surface area contributed by atoms with Crippen LogP contribution in [0.1, 0.15) is 49.1 Å². The second-order valence-electron chi connectivity index (χ2n) is 9.15. The molecule has 0 spiro atoms. The zero-order valence-corrected chi connectivity index (χ0v) is 20.9. The highest BCUT2D eigenvalue weighted by atomic mass is 35.5. The Balaban J connectivity index is 1.62. The number of halogens is 4. The van der Waals surface area contributed by atoms with E-state index in [2.05, 4.69) is 10.1 Å².